The molecule has 3 heteroatoms. The first-order valence-electron chi connectivity index (χ1n) is 6.74. The van der Waals surface area contributed by atoms with Crippen LogP contribution in [0.15, 0.2) is 0 Å². The quantitative estimate of drug-likeness (QED) is 0.716. The van der Waals surface area contributed by atoms with E-state index in [-0.39, 0.29) is 16.7 Å². The van der Waals surface area contributed by atoms with Gasteiger partial charge in [-0.1, -0.05) is 27.7 Å². The first-order valence-corrected chi connectivity index (χ1v) is 6.74. The van der Waals surface area contributed by atoms with Crippen molar-refractivity contribution in [3.05, 3.63) is 0 Å². The third-order valence-electron chi connectivity index (χ3n) is 3.54. The van der Waals surface area contributed by atoms with E-state index < -0.39 is 0 Å². The van der Waals surface area contributed by atoms with Crippen LogP contribution in [0.1, 0.15) is 47.0 Å². The fraction of sp³-hybridized carbons (Fsp3) is 0.929. The number of hydrogen-bond acceptors (Lipinski definition) is 2. The molecule has 1 saturated carbocycles. The third-order valence-corrected chi connectivity index (χ3v) is 3.54. The summed E-state index contributed by atoms with van der Waals surface area (Å²) in [6, 6.07) is 0. The van der Waals surface area contributed by atoms with Crippen molar-refractivity contribution in [3.8, 4) is 0 Å². The summed E-state index contributed by atoms with van der Waals surface area (Å²) in [7, 11) is 1.91. The molecule has 0 aromatic carbocycles. The van der Waals surface area contributed by atoms with Crippen LogP contribution in [0.2, 0.25) is 0 Å². The lowest BCUT2D eigenvalue weighted by molar-refractivity contribution is -0.126. The zero-order valence-electron chi connectivity index (χ0n) is 12.0. The van der Waals surface area contributed by atoms with Crippen molar-refractivity contribution in [2.24, 2.45) is 16.7 Å². The number of hydrogen-bond donors (Lipinski definition) is 2. The van der Waals surface area contributed by atoms with E-state index >= 15 is 0 Å². The van der Waals surface area contributed by atoms with Crippen LogP contribution in [-0.4, -0.2) is 26.0 Å². The molecule has 17 heavy (non-hydrogen) atoms. The molecule has 1 rings (SSSR count). The van der Waals surface area contributed by atoms with Gasteiger partial charge in [-0.3, -0.25) is 4.79 Å². The predicted molar refractivity (Wildman–Crippen MR) is 71.8 cm³/mol. The highest BCUT2D eigenvalue weighted by atomic mass is 16.2. The van der Waals surface area contributed by atoms with Gasteiger partial charge in [0.2, 0.25) is 5.91 Å². The maximum absolute atomic E-state index is 12.1. The third kappa shape index (κ3) is 4.30. The van der Waals surface area contributed by atoms with Crippen LogP contribution < -0.4 is 10.6 Å². The largest absolute Gasteiger partial charge is 0.355 e. The number of carbonyl (C=O) groups is 1. The van der Waals surface area contributed by atoms with Crippen molar-refractivity contribution in [1.82, 2.24) is 10.6 Å². The van der Waals surface area contributed by atoms with Gasteiger partial charge in [0.05, 0.1) is 5.41 Å². The fourth-order valence-corrected chi connectivity index (χ4v) is 2.66. The second kappa shape index (κ2) is 5.38. The molecular formula is C14H28N2O. The van der Waals surface area contributed by atoms with Gasteiger partial charge in [0.1, 0.15) is 0 Å². The van der Waals surface area contributed by atoms with Crippen molar-refractivity contribution in [2.45, 2.75) is 47.0 Å². The summed E-state index contributed by atoms with van der Waals surface area (Å²) in [5.41, 5.74) is 0.0994. The van der Waals surface area contributed by atoms with Crippen LogP contribution >= 0.6 is 0 Å². The van der Waals surface area contributed by atoms with E-state index in [1.54, 1.807) is 0 Å². The molecule has 2 N–H and O–H groups in total. The van der Waals surface area contributed by atoms with Crippen LogP contribution in [0.4, 0.5) is 0 Å². The fourth-order valence-electron chi connectivity index (χ4n) is 2.66. The minimum Gasteiger partial charge on any atom is -0.355 e. The lowest BCUT2D eigenvalue weighted by Gasteiger charge is -2.28. The molecular weight excluding hydrogens is 212 g/mol. The molecule has 0 radical (unpaired) electrons. The Bertz CT molecular complexity index is 267. The number of carbonyl (C=O) groups excluding carboxylic acids is 1. The van der Waals surface area contributed by atoms with E-state index in [9.17, 15) is 4.79 Å². The van der Waals surface area contributed by atoms with Crippen LogP contribution in [0.5, 0.6) is 0 Å². The van der Waals surface area contributed by atoms with Gasteiger partial charge < -0.3 is 10.6 Å². The Morgan fingerprint density at radius 3 is 2.35 bits per heavy atom. The zero-order valence-corrected chi connectivity index (χ0v) is 12.0. The van der Waals surface area contributed by atoms with Crippen LogP contribution in [0, 0.1) is 16.7 Å². The van der Waals surface area contributed by atoms with Gasteiger partial charge in [-0.25, -0.2) is 0 Å². The predicted octanol–water partition coefficient (Wildman–Crippen LogP) is 2.17. The Labute approximate surface area is 106 Å². The van der Waals surface area contributed by atoms with E-state index in [0.717, 1.165) is 32.4 Å². The molecule has 1 aliphatic carbocycles. The summed E-state index contributed by atoms with van der Waals surface area (Å²) >= 11 is 0. The summed E-state index contributed by atoms with van der Waals surface area (Å²) in [5, 5.41) is 6.26. The molecule has 100 valence electrons. The lowest BCUT2D eigenvalue weighted by atomic mass is 9.84. The smallest absolute Gasteiger partial charge is 0.227 e. The first kappa shape index (κ1) is 14.5. The Kier molecular flexibility index (Phi) is 4.59. The van der Waals surface area contributed by atoms with Crippen molar-refractivity contribution in [1.29, 1.82) is 0 Å². The van der Waals surface area contributed by atoms with Gasteiger partial charge >= 0.3 is 0 Å². The van der Waals surface area contributed by atoms with E-state index in [4.69, 9.17) is 0 Å². The highest BCUT2D eigenvalue weighted by Gasteiger charge is 2.49. The second-order valence-corrected chi connectivity index (χ2v) is 6.76. The number of rotatable bonds is 7. The Balaban J connectivity index is 2.38. The summed E-state index contributed by atoms with van der Waals surface area (Å²) in [6.07, 6.45) is 3.21. The molecule has 3 nitrogen and oxygen atoms in total. The molecule has 0 bridgehead atoms. The second-order valence-electron chi connectivity index (χ2n) is 6.76. The molecule has 0 saturated heterocycles. The standard InChI is InChI=1S/C14H28N2O/c1-11(2)8-13(3,4)9-16-12(17)14(6-7-14)10-15-5/h11,15H,6-10H2,1-5H3,(H,16,17). The Hall–Kier alpha value is -0.570. The SMILES string of the molecule is CNCC1(C(=O)NCC(C)(C)CC(C)C)CC1. The van der Waals surface area contributed by atoms with Crippen LogP contribution in [0.3, 0.4) is 0 Å². The van der Waals surface area contributed by atoms with E-state index in [0.29, 0.717) is 5.92 Å². The minimum atomic E-state index is -0.0946. The average molecular weight is 240 g/mol. The van der Waals surface area contributed by atoms with Gasteiger partial charge in [-0.05, 0) is 37.6 Å². The monoisotopic (exact) mass is 240 g/mol. The molecule has 0 spiro atoms. The molecule has 0 aliphatic heterocycles. The summed E-state index contributed by atoms with van der Waals surface area (Å²) < 4.78 is 0. The highest BCUT2D eigenvalue weighted by Crippen LogP contribution is 2.45. The minimum absolute atomic E-state index is 0.0946. The molecule has 0 atom stereocenters. The van der Waals surface area contributed by atoms with Gasteiger partial charge in [-0.15, -0.1) is 0 Å². The average Bonchev–Trinajstić information content (AvgIpc) is 2.94. The van der Waals surface area contributed by atoms with Gasteiger partial charge in [0, 0.05) is 13.1 Å². The topological polar surface area (TPSA) is 41.1 Å². The maximum Gasteiger partial charge on any atom is 0.227 e. The summed E-state index contributed by atoms with van der Waals surface area (Å²) in [5.74, 6) is 0.915. The van der Waals surface area contributed by atoms with E-state index in [1.807, 2.05) is 7.05 Å². The van der Waals surface area contributed by atoms with Crippen LogP contribution in [0.25, 0.3) is 0 Å². The van der Waals surface area contributed by atoms with Crippen LogP contribution in [-0.2, 0) is 4.79 Å². The lowest BCUT2D eigenvalue weighted by Crippen LogP contribution is -2.42. The van der Waals surface area contributed by atoms with Gasteiger partial charge in [-0.2, -0.15) is 0 Å². The van der Waals surface area contributed by atoms with Gasteiger partial charge in [0.25, 0.3) is 0 Å². The van der Waals surface area contributed by atoms with Crippen molar-refractivity contribution >= 4 is 5.91 Å². The maximum atomic E-state index is 12.1. The molecule has 0 aromatic heterocycles. The van der Waals surface area contributed by atoms with Gasteiger partial charge in [0.15, 0.2) is 0 Å². The Morgan fingerprint density at radius 1 is 1.35 bits per heavy atom. The van der Waals surface area contributed by atoms with E-state index in [1.165, 1.54) is 0 Å². The molecule has 1 fully saturated rings. The molecule has 1 amide bonds. The molecule has 0 aromatic rings. The Morgan fingerprint density at radius 2 is 1.94 bits per heavy atom. The molecule has 0 heterocycles. The molecule has 1 aliphatic rings. The summed E-state index contributed by atoms with van der Waals surface area (Å²) in [4.78, 5) is 12.1. The highest BCUT2D eigenvalue weighted by molar-refractivity contribution is 5.85. The van der Waals surface area contributed by atoms with Crippen molar-refractivity contribution < 1.29 is 4.79 Å². The zero-order chi connectivity index (χ0) is 13.1. The normalized spacial score (nSPS) is 18.2. The van der Waals surface area contributed by atoms with Crippen molar-refractivity contribution in [2.75, 3.05) is 20.1 Å². The number of amides is 1. The first-order chi connectivity index (χ1) is 7.81. The number of nitrogens with one attached hydrogen (secondary N) is 2. The summed E-state index contributed by atoms with van der Waals surface area (Å²) in [6.45, 7) is 10.5. The van der Waals surface area contributed by atoms with E-state index in [2.05, 4.69) is 38.3 Å². The molecule has 0 unspecified atom stereocenters. The van der Waals surface area contributed by atoms with Crippen molar-refractivity contribution in [3.63, 3.8) is 0 Å².